The first kappa shape index (κ1) is 16.5. The maximum Gasteiger partial charge on any atom is 0.298 e. The first-order valence-electron chi connectivity index (χ1n) is 8.75. The Labute approximate surface area is 151 Å². The first-order chi connectivity index (χ1) is 12.7. The van der Waals surface area contributed by atoms with Crippen molar-refractivity contribution >= 4 is 23.5 Å². The normalized spacial score (nSPS) is 17.4. The van der Waals surface area contributed by atoms with Crippen molar-refractivity contribution in [1.82, 2.24) is 14.5 Å². The molecule has 7 heteroatoms. The molecule has 0 bridgehead atoms. The zero-order valence-electron chi connectivity index (χ0n) is 14.4. The Balaban J connectivity index is 1.70. The van der Waals surface area contributed by atoms with Gasteiger partial charge >= 0.3 is 0 Å². The fourth-order valence-corrected chi connectivity index (χ4v) is 3.44. The van der Waals surface area contributed by atoms with Gasteiger partial charge in [0.05, 0.1) is 29.5 Å². The van der Waals surface area contributed by atoms with E-state index >= 15 is 0 Å². The number of imidazole rings is 1. The van der Waals surface area contributed by atoms with Crippen molar-refractivity contribution in [3.8, 4) is 5.75 Å². The van der Waals surface area contributed by atoms with Crippen molar-refractivity contribution < 1.29 is 9.53 Å². The van der Waals surface area contributed by atoms with Crippen molar-refractivity contribution in [2.75, 3.05) is 18.0 Å². The summed E-state index contributed by atoms with van der Waals surface area (Å²) in [5.74, 6) is 1.36. The number of ether oxygens (including phenoxy) is 1. The van der Waals surface area contributed by atoms with Gasteiger partial charge in [0.1, 0.15) is 5.75 Å². The van der Waals surface area contributed by atoms with Crippen molar-refractivity contribution in [3.05, 3.63) is 48.3 Å². The number of benzene rings is 1. The predicted molar refractivity (Wildman–Crippen MR) is 99.2 cm³/mol. The highest BCUT2D eigenvalue weighted by molar-refractivity contribution is 5.79. The molecule has 26 heavy (non-hydrogen) atoms. The van der Waals surface area contributed by atoms with Crippen LogP contribution in [0.25, 0.3) is 11.0 Å². The molecule has 2 aromatic heterocycles. The van der Waals surface area contributed by atoms with E-state index < -0.39 is 0 Å². The van der Waals surface area contributed by atoms with Crippen LogP contribution in [0.2, 0.25) is 0 Å². The highest BCUT2D eigenvalue weighted by atomic mass is 16.5. The second-order valence-corrected chi connectivity index (χ2v) is 6.53. The number of piperidine rings is 1. The van der Waals surface area contributed by atoms with Crippen LogP contribution in [0.15, 0.2) is 42.6 Å². The van der Waals surface area contributed by atoms with Crippen LogP contribution in [0.4, 0.5) is 5.95 Å². The van der Waals surface area contributed by atoms with E-state index in [1.165, 1.54) is 0 Å². The van der Waals surface area contributed by atoms with E-state index in [0.29, 0.717) is 18.8 Å². The summed E-state index contributed by atoms with van der Waals surface area (Å²) < 4.78 is 6.99. The lowest BCUT2D eigenvalue weighted by Gasteiger charge is -2.32. The monoisotopic (exact) mass is 351 g/mol. The number of carbonyl (C=O) groups excluding carboxylic acids is 1. The predicted octanol–water partition coefficient (Wildman–Crippen LogP) is 1.94. The number of nitrogens with zero attached hydrogens (tertiary/aromatic N) is 4. The van der Waals surface area contributed by atoms with Gasteiger partial charge in [-0.1, -0.05) is 12.1 Å². The second kappa shape index (κ2) is 7.13. The highest BCUT2D eigenvalue weighted by Gasteiger charge is 2.22. The third kappa shape index (κ3) is 3.25. The number of aromatic nitrogens is 3. The van der Waals surface area contributed by atoms with Crippen LogP contribution in [-0.4, -0.2) is 40.1 Å². The Morgan fingerprint density at radius 3 is 2.92 bits per heavy atom. The molecule has 134 valence electrons. The largest absolute Gasteiger partial charge is 0.427 e. The molecule has 4 rings (SSSR count). The first-order valence-corrected chi connectivity index (χ1v) is 8.75. The molecule has 0 spiro atoms. The summed E-state index contributed by atoms with van der Waals surface area (Å²) in [6.45, 7) is 2.75. The molecule has 1 aromatic carbocycles. The fourth-order valence-electron chi connectivity index (χ4n) is 3.44. The quantitative estimate of drug-likeness (QED) is 0.707. The van der Waals surface area contributed by atoms with E-state index in [-0.39, 0.29) is 6.04 Å². The maximum atomic E-state index is 10.4. The average Bonchev–Trinajstić information content (AvgIpc) is 3.02. The third-order valence-corrected chi connectivity index (χ3v) is 4.68. The van der Waals surface area contributed by atoms with Gasteiger partial charge in [-0.15, -0.1) is 0 Å². The van der Waals surface area contributed by atoms with Crippen molar-refractivity contribution in [2.24, 2.45) is 5.73 Å². The van der Waals surface area contributed by atoms with Crippen LogP contribution in [0.5, 0.6) is 5.75 Å². The highest BCUT2D eigenvalue weighted by Crippen LogP contribution is 2.26. The Kier molecular flexibility index (Phi) is 4.53. The molecule has 1 atom stereocenters. The summed E-state index contributed by atoms with van der Waals surface area (Å²) in [7, 11) is 0. The SMILES string of the molecule is N[C@H]1CCCN(c2nc3ccccc3n2Cc2ccc(OC=O)cn2)C1. The minimum atomic E-state index is 0.176. The smallest absolute Gasteiger partial charge is 0.298 e. The van der Waals surface area contributed by atoms with Gasteiger partial charge in [-0.05, 0) is 37.1 Å². The van der Waals surface area contributed by atoms with E-state index in [1.807, 2.05) is 24.3 Å². The van der Waals surface area contributed by atoms with Gasteiger partial charge in [0, 0.05) is 19.1 Å². The number of para-hydroxylation sites is 2. The van der Waals surface area contributed by atoms with Crippen LogP contribution in [-0.2, 0) is 11.3 Å². The summed E-state index contributed by atoms with van der Waals surface area (Å²) in [5.41, 5.74) is 9.07. The van der Waals surface area contributed by atoms with Crippen molar-refractivity contribution in [3.63, 3.8) is 0 Å². The van der Waals surface area contributed by atoms with Gasteiger partial charge in [-0.2, -0.15) is 0 Å². The second-order valence-electron chi connectivity index (χ2n) is 6.53. The molecule has 1 aliphatic rings. The Bertz CT molecular complexity index is 906. The summed E-state index contributed by atoms with van der Waals surface area (Å²) in [6.07, 6.45) is 3.68. The van der Waals surface area contributed by atoms with E-state index in [9.17, 15) is 4.79 Å². The van der Waals surface area contributed by atoms with Crippen LogP contribution in [0.1, 0.15) is 18.5 Å². The molecular weight excluding hydrogens is 330 g/mol. The van der Waals surface area contributed by atoms with Crippen LogP contribution >= 0.6 is 0 Å². The molecule has 2 N–H and O–H groups in total. The molecule has 3 heterocycles. The van der Waals surface area contributed by atoms with Crippen molar-refractivity contribution in [2.45, 2.75) is 25.4 Å². The molecule has 1 saturated heterocycles. The van der Waals surface area contributed by atoms with Gasteiger partial charge in [-0.3, -0.25) is 9.78 Å². The van der Waals surface area contributed by atoms with Gasteiger partial charge in [-0.25, -0.2) is 4.98 Å². The minimum absolute atomic E-state index is 0.176. The molecule has 0 aliphatic carbocycles. The maximum absolute atomic E-state index is 10.4. The number of nitrogens with two attached hydrogens (primary N) is 1. The molecule has 1 aliphatic heterocycles. The van der Waals surface area contributed by atoms with E-state index in [4.69, 9.17) is 15.5 Å². The molecule has 1 fully saturated rings. The van der Waals surface area contributed by atoms with Crippen LogP contribution in [0.3, 0.4) is 0 Å². The summed E-state index contributed by atoms with van der Waals surface area (Å²) in [6, 6.07) is 11.9. The molecular formula is C19H21N5O2. The molecule has 0 amide bonds. The van der Waals surface area contributed by atoms with Crippen LogP contribution < -0.4 is 15.4 Å². The van der Waals surface area contributed by atoms with Crippen LogP contribution in [0, 0.1) is 0 Å². The van der Waals surface area contributed by atoms with Gasteiger partial charge in [0.25, 0.3) is 6.47 Å². The van der Waals surface area contributed by atoms with E-state index in [1.54, 1.807) is 12.3 Å². The zero-order valence-corrected chi connectivity index (χ0v) is 14.4. The number of rotatable bonds is 5. The van der Waals surface area contributed by atoms with Crippen molar-refractivity contribution in [1.29, 1.82) is 0 Å². The number of pyridine rings is 1. The molecule has 7 nitrogen and oxygen atoms in total. The number of hydrogen-bond acceptors (Lipinski definition) is 6. The standard InChI is InChI=1S/C19H21N5O2/c20-14-4-3-9-23(11-14)19-22-17-5-1-2-6-18(17)24(19)12-15-7-8-16(10-21-15)26-13-25/h1-2,5-8,10,13-14H,3-4,9,11-12,20H2/t14-/m0/s1. The Morgan fingerprint density at radius 2 is 2.15 bits per heavy atom. The lowest BCUT2D eigenvalue weighted by molar-refractivity contribution is -0.120. The number of anilines is 1. The number of hydrogen-bond donors (Lipinski definition) is 1. The zero-order chi connectivity index (χ0) is 17.9. The molecule has 3 aromatic rings. The Morgan fingerprint density at radius 1 is 1.27 bits per heavy atom. The van der Waals surface area contributed by atoms with Gasteiger partial charge < -0.3 is 19.9 Å². The molecule has 0 saturated carbocycles. The van der Waals surface area contributed by atoms with Gasteiger partial charge in [0.2, 0.25) is 5.95 Å². The van der Waals surface area contributed by atoms with E-state index in [0.717, 1.165) is 48.6 Å². The summed E-state index contributed by atoms with van der Waals surface area (Å²) >= 11 is 0. The summed E-state index contributed by atoms with van der Waals surface area (Å²) in [5, 5.41) is 0. The average molecular weight is 351 g/mol. The fraction of sp³-hybridized carbons (Fsp3) is 0.316. The topological polar surface area (TPSA) is 86.3 Å². The third-order valence-electron chi connectivity index (χ3n) is 4.68. The van der Waals surface area contributed by atoms with E-state index in [2.05, 4.69) is 20.5 Å². The lowest BCUT2D eigenvalue weighted by atomic mass is 10.1. The lowest BCUT2D eigenvalue weighted by Crippen LogP contribution is -2.44. The number of fused-ring (bicyclic) bond motifs is 1. The molecule has 0 radical (unpaired) electrons. The van der Waals surface area contributed by atoms with Gasteiger partial charge in [0.15, 0.2) is 0 Å². The summed E-state index contributed by atoms with van der Waals surface area (Å²) in [4.78, 5) is 21.9. The molecule has 0 unspecified atom stereocenters. The number of carbonyl (C=O) groups is 1. The minimum Gasteiger partial charge on any atom is -0.427 e. The Hall–Kier alpha value is -2.93.